The van der Waals surface area contributed by atoms with Crippen molar-refractivity contribution < 1.29 is 95.1 Å². The molecule has 12 aromatic carbocycles. The molecule has 17 heteroatoms. The van der Waals surface area contributed by atoms with Crippen molar-refractivity contribution >= 4 is 60.9 Å². The summed E-state index contributed by atoms with van der Waals surface area (Å²) < 4.78 is 7.88. The molecule has 0 amide bonds. The predicted octanol–water partition coefficient (Wildman–Crippen LogP) is 27.5. The third-order valence-electron chi connectivity index (χ3n) is 20.2. The summed E-state index contributed by atoms with van der Waals surface area (Å²) in [6.07, 6.45) is 22.2. The number of ketones is 1. The number of para-hydroxylation sites is 3. The number of azo groups is 1. The molecule has 4 aliphatic rings. The normalized spacial score (nSPS) is 12.2. The average molecular weight is 2370 g/mol. The van der Waals surface area contributed by atoms with Gasteiger partial charge in [-0.05, 0) is 149 Å². The Labute approximate surface area is 799 Å². The first-order valence-corrected chi connectivity index (χ1v) is 41.1. The van der Waals surface area contributed by atoms with Gasteiger partial charge in [0.25, 0.3) is 0 Å². The minimum atomic E-state index is -0.125. The van der Waals surface area contributed by atoms with Crippen LogP contribution in [0, 0.1) is 37.0 Å². The fraction of sp³-hybridized carbons (Fsp3) is 0.109. The monoisotopic (exact) mass is 2370 g/mol. The van der Waals surface area contributed by atoms with E-state index in [-0.39, 0.29) is 98.0 Å². The van der Waals surface area contributed by atoms with Crippen LogP contribution in [0.4, 0.5) is 17.1 Å². The van der Waals surface area contributed by atoms with Gasteiger partial charge in [-0.15, -0.1) is 132 Å². The van der Waals surface area contributed by atoms with Crippen LogP contribution in [-0.2, 0) is 91.8 Å². The quantitative estimate of drug-likeness (QED) is 0.0376. The first kappa shape index (κ1) is 96.6. The zero-order chi connectivity index (χ0) is 85.4. The summed E-state index contributed by atoms with van der Waals surface area (Å²) in [5, 5.41) is 27.0. The molecule has 0 bridgehead atoms. The third kappa shape index (κ3) is 25.0. The zero-order valence-electron chi connectivity index (χ0n) is 71.5. The van der Waals surface area contributed by atoms with Gasteiger partial charge in [0.2, 0.25) is 0 Å². The molecule has 16 aromatic rings. The summed E-state index contributed by atoms with van der Waals surface area (Å²) >= 11 is 0. The fourth-order valence-electron chi connectivity index (χ4n) is 14.5. The summed E-state index contributed by atoms with van der Waals surface area (Å²) in [7, 11) is 0. The largest absolute Gasteiger partial charge is 0.527 e. The number of hydrogen-bond acceptors (Lipinski definition) is 12. The maximum absolute atomic E-state index is 10.0. The molecular weight excluding hydrogens is 2280 g/mol. The van der Waals surface area contributed by atoms with E-state index in [1.165, 1.54) is 86.4 Å². The molecule has 13 nitrogen and oxygen atoms in total. The molecule has 127 heavy (non-hydrogen) atoms. The molecule has 0 unspecified atom stereocenters. The molecule has 0 atom stereocenters. The van der Waals surface area contributed by atoms with Crippen LogP contribution in [-0.4, -0.2) is 46.3 Å². The van der Waals surface area contributed by atoms with Crippen molar-refractivity contribution in [2.24, 2.45) is 10.2 Å². The Morgan fingerprint density at radius 1 is 0.543 bits per heavy atom. The number of fused-ring (bicyclic) bond motifs is 5. The van der Waals surface area contributed by atoms with Gasteiger partial charge in [-0.2, -0.15) is 40.6 Å². The van der Waals surface area contributed by atoms with Crippen LogP contribution in [0.15, 0.2) is 399 Å². The number of aliphatic hydroxyl groups excluding tert-OH is 1. The second-order valence-corrected chi connectivity index (χ2v) is 30.1. The first-order valence-electron chi connectivity index (χ1n) is 41.1. The van der Waals surface area contributed by atoms with Crippen LogP contribution in [0.5, 0.6) is 5.75 Å². The Morgan fingerprint density at radius 3 is 1.72 bits per heavy atom. The van der Waals surface area contributed by atoms with Gasteiger partial charge in [0, 0.05) is 151 Å². The molecule has 0 aliphatic carbocycles. The number of benzene rings is 12. The number of aromatic nitrogens is 5. The van der Waals surface area contributed by atoms with Gasteiger partial charge in [0.05, 0.1) is 40.3 Å². The van der Waals surface area contributed by atoms with Crippen molar-refractivity contribution in [3.8, 4) is 67.6 Å². The van der Waals surface area contributed by atoms with E-state index >= 15 is 0 Å². The smallest absolute Gasteiger partial charge is 0.155 e. The summed E-state index contributed by atoms with van der Waals surface area (Å²) in [6.45, 7) is 22.7. The van der Waals surface area contributed by atoms with E-state index < -0.39 is 0 Å². The van der Waals surface area contributed by atoms with E-state index in [9.17, 15) is 4.79 Å². The van der Waals surface area contributed by atoms with Gasteiger partial charge in [-0.25, -0.2) is 0 Å². The summed E-state index contributed by atoms with van der Waals surface area (Å²) in [6, 6.07) is 116. The van der Waals surface area contributed by atoms with Crippen LogP contribution in [0.3, 0.4) is 0 Å². The molecule has 644 valence electrons. The Morgan fingerprint density at radius 2 is 1.13 bits per heavy atom. The SMILES string of the molecule is C=C1Oc2ccccc2[C-]=C1c1ccccn1.CC(=O)C=C(C)O.CC(C)N=Nc1c2c3c(cccc3c3ccccc13)CN2.CC(C)c1cccc(C(C)C)c1-n1ccnc1-c1[c-]cccc1.[Ir].[Ir].[Ir].[Ir].[c-]1ccccc1-c1cc(-c2ccccc2)c2cc(-c3ccccc3)ccc2n1.[c-]1ccccc1-c1ccccn1.[c-]1ccccc1N1C=C2C=CC=CN2[CH-]1. The van der Waals surface area contributed by atoms with E-state index in [4.69, 9.17) is 14.8 Å². The molecular formula is C110H94Ir4N10O3-6. The van der Waals surface area contributed by atoms with Crippen molar-refractivity contribution in [1.82, 2.24) is 29.4 Å². The van der Waals surface area contributed by atoms with Crippen LogP contribution < -0.4 is 15.0 Å². The van der Waals surface area contributed by atoms with Gasteiger partial charge in [0.1, 0.15) is 5.69 Å². The number of carbonyl (C=O) groups excluding carboxylic acids is 1. The molecule has 0 saturated carbocycles. The van der Waals surface area contributed by atoms with Gasteiger partial charge in [0.15, 0.2) is 5.78 Å². The van der Waals surface area contributed by atoms with Crippen molar-refractivity contribution in [1.29, 1.82) is 0 Å². The number of carbonyl (C=O) groups is 1. The maximum Gasteiger partial charge on any atom is 0.155 e. The van der Waals surface area contributed by atoms with Crippen molar-refractivity contribution in [2.45, 2.75) is 79.8 Å². The van der Waals surface area contributed by atoms with E-state index in [0.717, 1.165) is 96.4 Å². The van der Waals surface area contributed by atoms with Gasteiger partial charge in [-0.3, -0.25) is 19.7 Å². The molecule has 4 aliphatic heterocycles. The number of allylic oxidation sites excluding steroid dienone is 6. The van der Waals surface area contributed by atoms with Gasteiger partial charge < -0.3 is 34.5 Å². The number of rotatable bonds is 13. The number of imidazole rings is 1. The minimum absolute atomic E-state index is 0. The molecule has 0 saturated heterocycles. The van der Waals surface area contributed by atoms with Crippen LogP contribution >= 0.6 is 0 Å². The molecule has 0 fully saturated rings. The Hall–Kier alpha value is -12.6. The number of hydrogen-bond donors (Lipinski definition) is 2. The first-order chi connectivity index (χ1) is 60.1. The number of ether oxygens (including phenoxy) is 1. The summed E-state index contributed by atoms with van der Waals surface area (Å²) in [4.78, 5) is 32.2. The van der Waals surface area contributed by atoms with Crippen LogP contribution in [0.25, 0.3) is 99.9 Å². The molecule has 2 N–H and O–H groups in total. The average Bonchev–Trinajstić information content (AvgIpc) is 1.62. The molecule has 4 aromatic heterocycles. The number of pyridine rings is 3. The van der Waals surface area contributed by atoms with Crippen LogP contribution in [0.2, 0.25) is 0 Å². The zero-order valence-corrected chi connectivity index (χ0v) is 81.1. The molecule has 20 rings (SSSR count). The number of anilines is 2. The number of nitrogens with zero attached hydrogens (tertiary/aromatic N) is 9. The topological polar surface area (TPSA) is 146 Å². The minimum Gasteiger partial charge on any atom is -0.527 e. The third-order valence-corrected chi connectivity index (χ3v) is 20.2. The Balaban J connectivity index is 0.000000158. The Bertz CT molecular complexity index is 6430. The molecule has 8 heterocycles. The van der Waals surface area contributed by atoms with Gasteiger partial charge >= 0.3 is 0 Å². The second-order valence-electron chi connectivity index (χ2n) is 30.1. The molecule has 0 spiro atoms. The van der Waals surface area contributed by atoms with Crippen molar-refractivity contribution in [3.63, 3.8) is 0 Å². The second kappa shape index (κ2) is 47.6. The van der Waals surface area contributed by atoms with E-state index in [1.807, 2.05) is 203 Å². The van der Waals surface area contributed by atoms with E-state index in [0.29, 0.717) is 17.6 Å². The number of aliphatic hydroxyl groups is 1. The number of nitrogens with one attached hydrogen (secondary N) is 1. The van der Waals surface area contributed by atoms with Crippen molar-refractivity contribution in [2.75, 3.05) is 10.2 Å². The predicted molar refractivity (Wildman–Crippen MR) is 503 cm³/mol. The maximum atomic E-state index is 10.0. The molecule has 4 radical (unpaired) electrons. The van der Waals surface area contributed by atoms with Gasteiger partial charge in [-0.1, -0.05) is 227 Å². The summed E-state index contributed by atoms with van der Waals surface area (Å²) in [5.41, 5.74) is 23.0. The van der Waals surface area contributed by atoms with E-state index in [1.54, 1.807) is 12.4 Å². The fourth-order valence-corrected chi connectivity index (χ4v) is 14.5. The Kier molecular flexibility index (Phi) is 36.2. The van der Waals surface area contributed by atoms with Crippen LogP contribution in [0.1, 0.15) is 95.2 Å². The van der Waals surface area contributed by atoms with Crippen molar-refractivity contribution in [3.05, 3.63) is 454 Å². The standard InChI is InChI=1S/C27H18N.C21H23N2.C18H17N3.C15H10NO.C13H10N2.C11H8N.C5H8O2.4Ir/c1-4-10-20(11-5-1)23-16-17-26-25(18-23)24(21-12-6-2-7-13-21)19-27(28-26)22-14-8-3-9-15-22;1-15(2)18-11-8-12-19(16(3)4)20(18)23-14-13-22-21(23)17-9-6-5-7-10-17;1-11(2)20-21-17-15-8-4-3-7-13(15)14-9-5-6-12-10-19-18(17)16(12)14;1-11-13(14-7-4-5-9-16-14)10-12-6-2-3-8-15(12)17-11;1-2-6-12(7-3-1)15-10-13-8-4-5-9-14(13)11-15;1-2-6-10(7-3-1)11-8-4-5-9-12-11;1-4(6)3-5(2)7;;;;/h1-14,16-19H;5-9,11-16H,1-4H3;3-9,11,19H,10H2,1-2H3;2-9H,1H2;1-6,8-11H;1-6,8-9H;3,6H,1-2H3;;;;/q2*-1;;-1;-2;-1;;;;;. The summed E-state index contributed by atoms with van der Waals surface area (Å²) in [5.74, 6) is 3.17. The van der Waals surface area contributed by atoms with E-state index in [2.05, 4.69) is 274 Å².